The zero-order chi connectivity index (χ0) is 27.5. The predicted molar refractivity (Wildman–Crippen MR) is 161 cm³/mol. The van der Waals surface area contributed by atoms with E-state index in [0.29, 0.717) is 12.2 Å². The van der Waals surface area contributed by atoms with Crippen LogP contribution in [0, 0.1) is 20.8 Å². The fraction of sp³-hybridized carbons (Fsp3) is 0.229. The van der Waals surface area contributed by atoms with Gasteiger partial charge in [-0.05, 0) is 98.3 Å². The van der Waals surface area contributed by atoms with Gasteiger partial charge in [-0.1, -0.05) is 60.7 Å². The second-order valence-electron chi connectivity index (χ2n) is 10.2. The molecule has 0 radical (unpaired) electrons. The average Bonchev–Trinajstić information content (AvgIpc) is 3.18. The average molecular weight is 517 g/mol. The predicted octanol–water partition coefficient (Wildman–Crippen LogP) is 8.17. The Kier molecular flexibility index (Phi) is 7.56. The summed E-state index contributed by atoms with van der Waals surface area (Å²) in [4.78, 5) is 13.2. The summed E-state index contributed by atoms with van der Waals surface area (Å²) in [5, 5.41) is 4.26. The number of amides is 1. The monoisotopic (exact) mass is 516 g/mol. The third-order valence-electron chi connectivity index (χ3n) is 7.67. The van der Waals surface area contributed by atoms with Crippen LogP contribution in [0.5, 0.6) is 5.75 Å². The van der Waals surface area contributed by atoms with Crippen molar-refractivity contribution >= 4 is 16.8 Å². The van der Waals surface area contributed by atoms with Gasteiger partial charge in [-0.3, -0.25) is 4.79 Å². The van der Waals surface area contributed by atoms with Crippen molar-refractivity contribution in [3.05, 3.63) is 125 Å². The molecule has 0 spiro atoms. The Morgan fingerprint density at radius 1 is 0.897 bits per heavy atom. The molecule has 1 N–H and O–H groups in total. The topological polar surface area (TPSA) is 43.3 Å². The van der Waals surface area contributed by atoms with Crippen LogP contribution in [0.1, 0.15) is 58.2 Å². The molecule has 4 aromatic carbocycles. The van der Waals surface area contributed by atoms with Crippen molar-refractivity contribution in [1.82, 2.24) is 9.88 Å². The molecule has 0 fully saturated rings. The summed E-state index contributed by atoms with van der Waals surface area (Å²) in [5.74, 6) is 0.734. The van der Waals surface area contributed by atoms with Gasteiger partial charge in [0.05, 0.1) is 12.6 Å². The molecule has 4 nitrogen and oxygen atoms in total. The zero-order valence-corrected chi connectivity index (χ0v) is 23.4. The van der Waals surface area contributed by atoms with Crippen molar-refractivity contribution in [1.29, 1.82) is 0 Å². The van der Waals surface area contributed by atoms with E-state index in [4.69, 9.17) is 4.74 Å². The van der Waals surface area contributed by atoms with Gasteiger partial charge in [-0.15, -0.1) is 0 Å². The molecule has 1 amide bonds. The highest BCUT2D eigenvalue weighted by Gasteiger charge is 2.16. The van der Waals surface area contributed by atoms with Gasteiger partial charge < -0.3 is 14.6 Å². The molecule has 1 unspecified atom stereocenters. The molecule has 0 saturated carbocycles. The first-order valence-electron chi connectivity index (χ1n) is 13.6. The van der Waals surface area contributed by atoms with E-state index < -0.39 is 0 Å². The molecule has 39 heavy (non-hydrogen) atoms. The van der Waals surface area contributed by atoms with Crippen LogP contribution in [0.3, 0.4) is 0 Å². The number of aromatic nitrogens is 1. The number of carbonyl (C=O) groups is 1. The second-order valence-corrected chi connectivity index (χ2v) is 10.2. The van der Waals surface area contributed by atoms with Gasteiger partial charge in [0.15, 0.2) is 0 Å². The van der Waals surface area contributed by atoms with Crippen LogP contribution in [0.2, 0.25) is 0 Å². The number of rotatable bonds is 8. The highest BCUT2D eigenvalue weighted by Crippen LogP contribution is 2.29. The van der Waals surface area contributed by atoms with E-state index in [9.17, 15) is 4.79 Å². The van der Waals surface area contributed by atoms with Crippen LogP contribution in [0.15, 0.2) is 91.0 Å². The maximum absolute atomic E-state index is 13.2. The summed E-state index contributed by atoms with van der Waals surface area (Å²) < 4.78 is 7.96. The van der Waals surface area contributed by atoms with Crippen molar-refractivity contribution in [3.63, 3.8) is 0 Å². The Morgan fingerprint density at radius 3 is 2.41 bits per heavy atom. The van der Waals surface area contributed by atoms with Crippen LogP contribution in [0.25, 0.3) is 22.0 Å². The number of fused-ring (bicyclic) bond motifs is 1. The highest BCUT2D eigenvalue weighted by molar-refractivity contribution is 5.99. The maximum atomic E-state index is 13.2. The standard InChI is InChI=1S/C35H36N2O2/c1-6-39-31-12-9-11-29(20-31)25(4)36-35(38)30-18-19-34-33(21-30)24(3)26(5)37(34)22-27-14-16-28(17-15-27)32-13-8-7-10-23(32)2/h7-21,25H,6,22H2,1-5H3,(H,36,38). The van der Waals surface area contributed by atoms with Crippen LogP contribution >= 0.6 is 0 Å². The van der Waals surface area contributed by atoms with Gasteiger partial charge >= 0.3 is 0 Å². The summed E-state index contributed by atoms with van der Waals surface area (Å²) in [7, 11) is 0. The van der Waals surface area contributed by atoms with E-state index in [1.807, 2.05) is 50.2 Å². The minimum Gasteiger partial charge on any atom is -0.494 e. The molecule has 1 aromatic heterocycles. The summed E-state index contributed by atoms with van der Waals surface area (Å²) in [6.45, 7) is 11.8. The van der Waals surface area contributed by atoms with Gasteiger partial charge in [0.2, 0.25) is 0 Å². The van der Waals surface area contributed by atoms with Gasteiger partial charge in [0.25, 0.3) is 5.91 Å². The summed E-state index contributed by atoms with van der Waals surface area (Å²) in [6, 6.07) is 31.1. The molecule has 0 saturated heterocycles. The van der Waals surface area contributed by atoms with Crippen LogP contribution in [-0.4, -0.2) is 17.1 Å². The Balaban J connectivity index is 1.36. The molecule has 5 aromatic rings. The van der Waals surface area contributed by atoms with Crippen molar-refractivity contribution in [2.45, 2.75) is 47.2 Å². The molecule has 1 heterocycles. The molecule has 0 aliphatic rings. The Hall–Kier alpha value is -4.31. The smallest absolute Gasteiger partial charge is 0.251 e. The van der Waals surface area contributed by atoms with E-state index in [1.54, 1.807) is 0 Å². The molecule has 0 bridgehead atoms. The zero-order valence-electron chi connectivity index (χ0n) is 23.4. The van der Waals surface area contributed by atoms with Gasteiger partial charge in [-0.25, -0.2) is 0 Å². The molecule has 5 rings (SSSR count). The van der Waals surface area contributed by atoms with Gasteiger partial charge in [0, 0.05) is 28.7 Å². The third kappa shape index (κ3) is 5.46. The number of nitrogens with one attached hydrogen (secondary N) is 1. The van der Waals surface area contributed by atoms with Gasteiger partial charge in [-0.2, -0.15) is 0 Å². The lowest BCUT2D eigenvalue weighted by Crippen LogP contribution is -2.26. The fourth-order valence-corrected chi connectivity index (χ4v) is 5.27. The normalized spacial score (nSPS) is 11.9. The first kappa shape index (κ1) is 26.3. The number of ether oxygens (including phenoxy) is 1. The van der Waals surface area contributed by atoms with E-state index in [1.165, 1.54) is 33.5 Å². The van der Waals surface area contributed by atoms with E-state index >= 15 is 0 Å². The molecule has 0 aliphatic heterocycles. The molecule has 198 valence electrons. The molecular formula is C35H36N2O2. The molecule has 0 aliphatic carbocycles. The minimum atomic E-state index is -0.135. The number of hydrogen-bond donors (Lipinski definition) is 1. The molecular weight excluding hydrogens is 480 g/mol. The Labute approximate surface area is 231 Å². The largest absolute Gasteiger partial charge is 0.494 e. The minimum absolute atomic E-state index is 0.0807. The van der Waals surface area contributed by atoms with E-state index in [-0.39, 0.29) is 11.9 Å². The van der Waals surface area contributed by atoms with Crippen LogP contribution in [0.4, 0.5) is 0 Å². The van der Waals surface area contributed by atoms with Crippen LogP contribution < -0.4 is 10.1 Å². The summed E-state index contributed by atoms with van der Waals surface area (Å²) in [6.07, 6.45) is 0. The number of carbonyl (C=O) groups excluding carboxylic acids is 1. The van der Waals surface area contributed by atoms with Crippen molar-refractivity contribution < 1.29 is 9.53 Å². The number of benzene rings is 4. The lowest BCUT2D eigenvalue weighted by atomic mass is 9.99. The van der Waals surface area contributed by atoms with E-state index in [0.717, 1.165) is 28.8 Å². The highest BCUT2D eigenvalue weighted by atomic mass is 16.5. The SMILES string of the molecule is CCOc1cccc(C(C)NC(=O)c2ccc3c(c2)c(C)c(C)n3Cc2ccc(-c3ccccc3C)cc2)c1. The van der Waals surface area contributed by atoms with Crippen molar-refractivity contribution in [3.8, 4) is 16.9 Å². The maximum Gasteiger partial charge on any atom is 0.251 e. The lowest BCUT2D eigenvalue weighted by molar-refractivity contribution is 0.0940. The van der Waals surface area contributed by atoms with E-state index in [2.05, 4.69) is 85.3 Å². The number of hydrogen-bond acceptors (Lipinski definition) is 2. The lowest BCUT2D eigenvalue weighted by Gasteiger charge is -2.16. The third-order valence-corrected chi connectivity index (χ3v) is 7.67. The van der Waals surface area contributed by atoms with Crippen molar-refractivity contribution in [2.75, 3.05) is 6.61 Å². The van der Waals surface area contributed by atoms with Gasteiger partial charge in [0.1, 0.15) is 5.75 Å². The Bertz CT molecular complexity index is 1630. The fourth-order valence-electron chi connectivity index (χ4n) is 5.27. The molecule has 1 atom stereocenters. The summed E-state index contributed by atoms with van der Waals surface area (Å²) in [5.41, 5.74) is 10.3. The first-order valence-corrected chi connectivity index (χ1v) is 13.6. The quantitative estimate of drug-likeness (QED) is 0.226. The first-order chi connectivity index (χ1) is 18.9. The summed E-state index contributed by atoms with van der Waals surface area (Å²) >= 11 is 0. The van der Waals surface area contributed by atoms with Crippen LogP contribution in [-0.2, 0) is 6.54 Å². The van der Waals surface area contributed by atoms with Crippen molar-refractivity contribution in [2.24, 2.45) is 0 Å². The molecule has 4 heteroatoms. The second kappa shape index (κ2) is 11.2. The Morgan fingerprint density at radius 2 is 1.67 bits per heavy atom. The number of nitrogens with zero attached hydrogens (tertiary/aromatic N) is 1. The number of aryl methyl sites for hydroxylation is 2.